The number of sulfonamides is 1. The summed E-state index contributed by atoms with van der Waals surface area (Å²) in [5, 5.41) is 3.09. The zero-order valence-electron chi connectivity index (χ0n) is 14.8. The molecule has 0 saturated carbocycles. The Kier molecular flexibility index (Phi) is 6.33. The Balaban J connectivity index is 2.07. The predicted molar refractivity (Wildman–Crippen MR) is 101 cm³/mol. The highest BCUT2D eigenvalue weighted by Crippen LogP contribution is 2.17. The number of carbonyl (C=O) groups is 1. The Morgan fingerprint density at radius 3 is 2.24 bits per heavy atom. The largest absolute Gasteiger partial charge is 0.378 e. The number of nitrogens with one attached hydrogen (secondary N) is 1. The zero-order chi connectivity index (χ0) is 18.4. The van der Waals surface area contributed by atoms with E-state index in [1.165, 1.54) is 16.4 Å². The highest BCUT2D eigenvalue weighted by Gasteiger charge is 2.21. The van der Waals surface area contributed by atoms with E-state index in [0.717, 1.165) is 11.3 Å². The van der Waals surface area contributed by atoms with Gasteiger partial charge in [-0.05, 0) is 48.9 Å². The molecule has 0 saturated heterocycles. The molecule has 0 fully saturated rings. The van der Waals surface area contributed by atoms with E-state index in [4.69, 9.17) is 0 Å². The van der Waals surface area contributed by atoms with Crippen LogP contribution in [-0.2, 0) is 10.0 Å². The van der Waals surface area contributed by atoms with Crippen molar-refractivity contribution in [1.29, 1.82) is 0 Å². The number of anilines is 1. The van der Waals surface area contributed by atoms with Gasteiger partial charge in [-0.1, -0.05) is 26.0 Å². The molecule has 0 aliphatic heterocycles. The lowest BCUT2D eigenvalue weighted by molar-refractivity contribution is 0.101. The van der Waals surface area contributed by atoms with Gasteiger partial charge >= 0.3 is 0 Å². The van der Waals surface area contributed by atoms with Crippen molar-refractivity contribution in [3.05, 3.63) is 59.7 Å². The molecule has 0 aromatic heterocycles. The van der Waals surface area contributed by atoms with E-state index in [1.807, 2.05) is 31.2 Å². The fraction of sp³-hybridized carbons (Fsp3) is 0.316. The number of hydrogen-bond acceptors (Lipinski definition) is 4. The number of carbonyl (C=O) groups excluding carboxylic acids is 1. The van der Waals surface area contributed by atoms with Crippen molar-refractivity contribution in [2.45, 2.75) is 25.7 Å². The van der Waals surface area contributed by atoms with Crippen LogP contribution in [0.15, 0.2) is 53.4 Å². The van der Waals surface area contributed by atoms with Crippen molar-refractivity contribution in [3.8, 4) is 0 Å². The van der Waals surface area contributed by atoms with E-state index in [1.54, 1.807) is 26.0 Å². The predicted octanol–water partition coefficient (Wildman–Crippen LogP) is 3.32. The summed E-state index contributed by atoms with van der Waals surface area (Å²) < 4.78 is 26.3. The van der Waals surface area contributed by atoms with Crippen LogP contribution in [0, 0.1) is 6.92 Å². The van der Waals surface area contributed by atoms with Crippen molar-refractivity contribution in [1.82, 2.24) is 4.31 Å². The summed E-state index contributed by atoms with van der Waals surface area (Å²) in [6.07, 6.45) is 0. The second-order valence-corrected chi connectivity index (χ2v) is 7.70. The molecule has 0 atom stereocenters. The maximum absolute atomic E-state index is 12.4. The van der Waals surface area contributed by atoms with Crippen molar-refractivity contribution in [3.63, 3.8) is 0 Å². The first kappa shape index (κ1) is 19.1. The SMILES string of the molecule is CCN(CC)S(=O)(=O)c1ccc(C(=O)CNc2cccc(C)c2)cc1. The number of hydrogen-bond donors (Lipinski definition) is 1. The van der Waals surface area contributed by atoms with E-state index in [9.17, 15) is 13.2 Å². The van der Waals surface area contributed by atoms with E-state index < -0.39 is 10.0 Å². The average Bonchev–Trinajstić information content (AvgIpc) is 2.60. The van der Waals surface area contributed by atoms with Gasteiger partial charge < -0.3 is 5.32 Å². The van der Waals surface area contributed by atoms with Crippen molar-refractivity contribution < 1.29 is 13.2 Å². The third-order valence-electron chi connectivity index (χ3n) is 3.99. The van der Waals surface area contributed by atoms with Gasteiger partial charge in [0.15, 0.2) is 5.78 Å². The number of benzene rings is 2. The highest BCUT2D eigenvalue weighted by atomic mass is 32.2. The Bertz CT molecular complexity index is 826. The van der Waals surface area contributed by atoms with Crippen LogP contribution in [0.1, 0.15) is 29.8 Å². The Morgan fingerprint density at radius 1 is 1.04 bits per heavy atom. The first-order valence-corrected chi connectivity index (χ1v) is 9.76. The Morgan fingerprint density at radius 2 is 1.68 bits per heavy atom. The van der Waals surface area contributed by atoms with Crippen LogP contribution in [0.25, 0.3) is 0 Å². The molecular weight excluding hydrogens is 336 g/mol. The lowest BCUT2D eigenvalue weighted by Crippen LogP contribution is -2.30. The topological polar surface area (TPSA) is 66.5 Å². The normalized spacial score (nSPS) is 11.5. The van der Waals surface area contributed by atoms with Crippen molar-refractivity contribution >= 4 is 21.5 Å². The number of nitrogens with zero attached hydrogens (tertiary/aromatic N) is 1. The van der Waals surface area contributed by atoms with Crippen LogP contribution < -0.4 is 5.32 Å². The summed E-state index contributed by atoms with van der Waals surface area (Å²) >= 11 is 0. The Labute approximate surface area is 149 Å². The van der Waals surface area contributed by atoms with E-state index in [0.29, 0.717) is 18.7 Å². The van der Waals surface area contributed by atoms with Gasteiger partial charge in [-0.3, -0.25) is 4.79 Å². The van der Waals surface area contributed by atoms with Crippen LogP contribution in [0.2, 0.25) is 0 Å². The lowest BCUT2D eigenvalue weighted by atomic mass is 10.1. The van der Waals surface area contributed by atoms with Gasteiger partial charge in [0.25, 0.3) is 0 Å². The molecule has 2 aromatic carbocycles. The van der Waals surface area contributed by atoms with E-state index in [2.05, 4.69) is 5.32 Å². The minimum atomic E-state index is -3.50. The molecule has 0 aliphatic rings. The van der Waals surface area contributed by atoms with Crippen LogP contribution in [0.5, 0.6) is 0 Å². The summed E-state index contributed by atoms with van der Waals surface area (Å²) in [7, 11) is -3.50. The van der Waals surface area contributed by atoms with Gasteiger partial charge in [0, 0.05) is 24.3 Å². The number of ketones is 1. The van der Waals surface area contributed by atoms with E-state index >= 15 is 0 Å². The zero-order valence-corrected chi connectivity index (χ0v) is 15.6. The molecule has 1 N–H and O–H groups in total. The molecule has 134 valence electrons. The summed E-state index contributed by atoms with van der Waals surface area (Å²) in [5.74, 6) is -0.0895. The van der Waals surface area contributed by atoms with E-state index in [-0.39, 0.29) is 17.2 Å². The lowest BCUT2D eigenvalue weighted by Gasteiger charge is -2.18. The van der Waals surface area contributed by atoms with Crippen LogP contribution in [0.4, 0.5) is 5.69 Å². The molecule has 0 heterocycles. The van der Waals surface area contributed by atoms with Crippen molar-refractivity contribution in [2.24, 2.45) is 0 Å². The summed E-state index contributed by atoms with van der Waals surface area (Å²) in [5.41, 5.74) is 2.48. The smallest absolute Gasteiger partial charge is 0.243 e. The minimum Gasteiger partial charge on any atom is -0.378 e. The molecule has 0 unspecified atom stereocenters. The van der Waals surface area contributed by atoms with Gasteiger partial charge in [-0.2, -0.15) is 4.31 Å². The summed E-state index contributed by atoms with van der Waals surface area (Å²) in [4.78, 5) is 12.5. The van der Waals surface area contributed by atoms with Gasteiger partial charge in [0.2, 0.25) is 10.0 Å². The molecule has 0 spiro atoms. The fourth-order valence-corrected chi connectivity index (χ4v) is 4.02. The monoisotopic (exact) mass is 360 g/mol. The van der Waals surface area contributed by atoms with Gasteiger partial charge in [0.1, 0.15) is 0 Å². The molecule has 5 nitrogen and oxygen atoms in total. The third kappa shape index (κ3) is 4.67. The fourth-order valence-electron chi connectivity index (χ4n) is 2.56. The molecule has 2 aromatic rings. The second kappa shape index (κ2) is 8.27. The highest BCUT2D eigenvalue weighted by molar-refractivity contribution is 7.89. The number of rotatable bonds is 8. The quantitative estimate of drug-likeness (QED) is 0.734. The van der Waals surface area contributed by atoms with Gasteiger partial charge in [-0.15, -0.1) is 0 Å². The Hall–Kier alpha value is -2.18. The number of aryl methyl sites for hydroxylation is 1. The number of Topliss-reactive ketones (excluding diaryl/α,β-unsaturated/α-hetero) is 1. The first-order chi connectivity index (χ1) is 11.9. The third-order valence-corrected chi connectivity index (χ3v) is 6.05. The molecule has 0 amide bonds. The second-order valence-electron chi connectivity index (χ2n) is 5.76. The van der Waals surface area contributed by atoms with Crippen LogP contribution in [-0.4, -0.2) is 38.1 Å². The molecular formula is C19H24N2O3S. The molecule has 0 bridgehead atoms. The van der Waals surface area contributed by atoms with Crippen LogP contribution in [0.3, 0.4) is 0 Å². The van der Waals surface area contributed by atoms with Crippen molar-refractivity contribution in [2.75, 3.05) is 25.0 Å². The minimum absolute atomic E-state index is 0.0895. The summed E-state index contributed by atoms with van der Waals surface area (Å²) in [6, 6.07) is 13.9. The first-order valence-electron chi connectivity index (χ1n) is 8.32. The van der Waals surface area contributed by atoms with Crippen LogP contribution >= 0.6 is 0 Å². The maximum Gasteiger partial charge on any atom is 0.243 e. The molecule has 6 heteroatoms. The molecule has 0 radical (unpaired) electrons. The average molecular weight is 360 g/mol. The standard InChI is InChI=1S/C19H24N2O3S/c1-4-21(5-2)25(23,24)18-11-9-16(10-12-18)19(22)14-20-17-8-6-7-15(3)13-17/h6-13,20H,4-5,14H2,1-3H3. The maximum atomic E-state index is 12.4. The molecule has 2 rings (SSSR count). The van der Waals surface area contributed by atoms with Gasteiger partial charge in [0.05, 0.1) is 11.4 Å². The van der Waals surface area contributed by atoms with Gasteiger partial charge in [-0.25, -0.2) is 8.42 Å². The summed E-state index contributed by atoms with van der Waals surface area (Å²) in [6.45, 7) is 6.58. The molecule has 25 heavy (non-hydrogen) atoms. The molecule has 0 aliphatic carbocycles.